The number of hydrogen-bond acceptors (Lipinski definition) is 8. The first-order valence-electron chi connectivity index (χ1n) is 13.3. The molecule has 3 aromatic rings. The number of benzene rings is 1. The molecule has 0 saturated carbocycles. The summed E-state index contributed by atoms with van der Waals surface area (Å²) in [5.74, 6) is -0.248. The van der Waals surface area contributed by atoms with E-state index in [4.69, 9.17) is 14.6 Å². The van der Waals surface area contributed by atoms with Gasteiger partial charge in [-0.1, -0.05) is 6.92 Å². The highest BCUT2D eigenvalue weighted by molar-refractivity contribution is 5.98. The highest BCUT2D eigenvalue weighted by atomic mass is 16.5. The first kappa shape index (κ1) is 25.6. The number of carbonyl (C=O) groups is 3. The maximum Gasteiger partial charge on any atom is 0.304 e. The van der Waals surface area contributed by atoms with Gasteiger partial charge in [0, 0.05) is 53.5 Å². The molecule has 3 aliphatic heterocycles. The molecule has 40 heavy (non-hydrogen) atoms. The van der Waals surface area contributed by atoms with Crippen LogP contribution in [-0.2, 0) is 14.4 Å². The van der Waals surface area contributed by atoms with Crippen molar-refractivity contribution < 1.29 is 29.0 Å². The molecule has 2 unspecified atom stereocenters. The number of ether oxygens (including phenoxy) is 2. The molecule has 1 fully saturated rings. The second-order valence-corrected chi connectivity index (χ2v) is 10.3. The number of nitrogens with one attached hydrogen (secondary N) is 1. The molecule has 1 aromatic carbocycles. The van der Waals surface area contributed by atoms with Crippen LogP contribution in [0, 0.1) is 5.92 Å². The Morgan fingerprint density at radius 1 is 1.15 bits per heavy atom. The first-order chi connectivity index (χ1) is 19.3. The van der Waals surface area contributed by atoms with Crippen LogP contribution in [0.5, 0.6) is 11.6 Å². The van der Waals surface area contributed by atoms with Crippen molar-refractivity contribution in [3.63, 3.8) is 0 Å². The Morgan fingerprint density at radius 3 is 2.77 bits per heavy atom. The van der Waals surface area contributed by atoms with Crippen LogP contribution in [0.3, 0.4) is 0 Å². The molecule has 2 N–H and O–H groups in total. The fourth-order valence-electron chi connectivity index (χ4n) is 5.43. The van der Waals surface area contributed by atoms with Crippen LogP contribution in [0.2, 0.25) is 0 Å². The number of carboxylic acid groups (broad SMARTS) is 1. The molecule has 2 amide bonds. The van der Waals surface area contributed by atoms with Gasteiger partial charge >= 0.3 is 5.97 Å². The average Bonchev–Trinajstić information content (AvgIpc) is 3.37. The van der Waals surface area contributed by atoms with Crippen LogP contribution in [0.15, 0.2) is 42.7 Å². The topological polar surface area (TPSA) is 134 Å². The Balaban J connectivity index is 1.25. The zero-order chi connectivity index (χ0) is 28.0. The van der Waals surface area contributed by atoms with Gasteiger partial charge < -0.3 is 29.7 Å². The number of fused-ring (bicyclic) bond motifs is 4. The summed E-state index contributed by atoms with van der Waals surface area (Å²) in [5.41, 5.74) is 4.76. The molecule has 2 atom stereocenters. The van der Waals surface area contributed by atoms with E-state index in [2.05, 4.69) is 15.3 Å². The lowest BCUT2D eigenvalue weighted by atomic mass is 9.94. The molecule has 11 heteroatoms. The molecular weight excluding hydrogens is 514 g/mol. The summed E-state index contributed by atoms with van der Waals surface area (Å²) in [6, 6.07) is 9.52. The van der Waals surface area contributed by atoms with Gasteiger partial charge in [-0.25, -0.2) is 9.97 Å². The molecule has 0 bridgehead atoms. The van der Waals surface area contributed by atoms with Crippen LogP contribution < -0.4 is 24.6 Å². The Morgan fingerprint density at radius 2 is 2.00 bits per heavy atom. The normalized spacial score (nSPS) is 18.1. The quantitative estimate of drug-likeness (QED) is 0.467. The number of rotatable bonds is 6. The lowest BCUT2D eigenvalue weighted by Gasteiger charge is -2.31. The molecule has 2 aromatic heterocycles. The summed E-state index contributed by atoms with van der Waals surface area (Å²) < 4.78 is 11.9. The molecule has 5 heterocycles. The molecule has 0 spiro atoms. The van der Waals surface area contributed by atoms with Crippen molar-refractivity contribution >= 4 is 40.7 Å². The molecular formula is C29H29N5O6. The number of aliphatic carboxylic acids is 1. The number of aromatic nitrogens is 2. The van der Waals surface area contributed by atoms with Crippen molar-refractivity contribution in [1.82, 2.24) is 9.97 Å². The van der Waals surface area contributed by atoms with Crippen molar-refractivity contribution in [2.75, 3.05) is 34.8 Å². The minimum Gasteiger partial charge on any atom is -0.485 e. The Bertz CT molecular complexity index is 1520. The molecule has 206 valence electrons. The van der Waals surface area contributed by atoms with E-state index in [9.17, 15) is 14.4 Å². The van der Waals surface area contributed by atoms with Crippen LogP contribution in [0.1, 0.15) is 44.8 Å². The summed E-state index contributed by atoms with van der Waals surface area (Å²) in [6.07, 6.45) is 4.34. The van der Waals surface area contributed by atoms with E-state index in [0.29, 0.717) is 36.0 Å². The van der Waals surface area contributed by atoms with E-state index in [1.54, 1.807) is 30.3 Å². The lowest BCUT2D eigenvalue weighted by Crippen LogP contribution is -2.41. The highest BCUT2D eigenvalue weighted by Gasteiger charge is 2.30. The summed E-state index contributed by atoms with van der Waals surface area (Å²) in [5, 5.41) is 12.4. The van der Waals surface area contributed by atoms with E-state index in [1.807, 2.05) is 31.2 Å². The van der Waals surface area contributed by atoms with Crippen molar-refractivity contribution in [2.45, 2.75) is 39.2 Å². The van der Waals surface area contributed by atoms with Gasteiger partial charge in [-0.2, -0.15) is 0 Å². The van der Waals surface area contributed by atoms with Crippen molar-refractivity contribution in [1.29, 1.82) is 0 Å². The van der Waals surface area contributed by atoms with Crippen LogP contribution in [0.4, 0.5) is 22.9 Å². The standard InChI is InChI=1S/C29H29N5O6/c1-16(10-27(36)37)29(38)34-8-9-39-28-23(34)11-18(14-31-28)32-25-13-21-17(2)40-24-12-19(33-7-3-4-26(33)35)5-6-20(24)22(21)15-30-25/h5-6,11-17H,3-4,7-10H2,1-2H3,(H,30,32)(H,36,37). The maximum absolute atomic E-state index is 13.0. The number of carbonyl (C=O) groups excluding carboxylic acids is 2. The number of anilines is 4. The monoisotopic (exact) mass is 543 g/mol. The predicted octanol–water partition coefficient (Wildman–Crippen LogP) is 4.30. The van der Waals surface area contributed by atoms with Gasteiger partial charge in [-0.15, -0.1) is 0 Å². The average molecular weight is 544 g/mol. The summed E-state index contributed by atoms with van der Waals surface area (Å²) in [6.45, 7) is 4.88. The molecule has 11 nitrogen and oxygen atoms in total. The SMILES string of the molecule is CC(CC(=O)O)C(=O)N1CCOc2ncc(Nc3cc4c(cn3)-c3ccc(N5CCCC5=O)cc3OC4C)cc21. The third kappa shape index (κ3) is 4.67. The summed E-state index contributed by atoms with van der Waals surface area (Å²) >= 11 is 0. The van der Waals surface area contributed by atoms with Gasteiger partial charge in [0.05, 0.1) is 24.8 Å². The minimum absolute atomic E-state index is 0.132. The maximum atomic E-state index is 13.0. The van der Waals surface area contributed by atoms with Crippen LogP contribution in [0.25, 0.3) is 11.1 Å². The number of hydrogen-bond donors (Lipinski definition) is 2. The van der Waals surface area contributed by atoms with Gasteiger partial charge in [0.25, 0.3) is 0 Å². The molecule has 0 aliphatic carbocycles. The van der Waals surface area contributed by atoms with Crippen molar-refractivity contribution in [3.8, 4) is 22.8 Å². The fourth-order valence-corrected chi connectivity index (χ4v) is 5.43. The Kier molecular flexibility index (Phi) is 6.49. The van der Waals surface area contributed by atoms with Crippen LogP contribution >= 0.6 is 0 Å². The van der Waals surface area contributed by atoms with E-state index < -0.39 is 11.9 Å². The van der Waals surface area contributed by atoms with Gasteiger partial charge in [-0.3, -0.25) is 14.4 Å². The van der Waals surface area contributed by atoms with Gasteiger partial charge in [0.2, 0.25) is 17.7 Å². The Labute approximate surface area is 230 Å². The minimum atomic E-state index is -1.02. The fraction of sp³-hybridized carbons (Fsp3) is 0.345. The molecule has 3 aliphatic rings. The van der Waals surface area contributed by atoms with Gasteiger partial charge in [0.15, 0.2) is 0 Å². The van der Waals surface area contributed by atoms with E-state index >= 15 is 0 Å². The number of carboxylic acids is 1. The lowest BCUT2D eigenvalue weighted by molar-refractivity contribution is -0.140. The predicted molar refractivity (Wildman–Crippen MR) is 147 cm³/mol. The Hall–Kier alpha value is -4.67. The number of pyridine rings is 2. The third-order valence-electron chi connectivity index (χ3n) is 7.44. The van der Waals surface area contributed by atoms with E-state index in [0.717, 1.165) is 41.1 Å². The second-order valence-electron chi connectivity index (χ2n) is 10.3. The highest BCUT2D eigenvalue weighted by Crippen LogP contribution is 2.45. The molecule has 1 saturated heterocycles. The van der Waals surface area contributed by atoms with Gasteiger partial charge in [0.1, 0.15) is 30.0 Å². The zero-order valence-corrected chi connectivity index (χ0v) is 22.2. The molecule has 0 radical (unpaired) electrons. The largest absolute Gasteiger partial charge is 0.485 e. The second kappa shape index (κ2) is 10.1. The van der Waals surface area contributed by atoms with Crippen molar-refractivity contribution in [3.05, 3.63) is 48.3 Å². The molecule has 6 rings (SSSR count). The van der Waals surface area contributed by atoms with Crippen LogP contribution in [-0.4, -0.2) is 52.6 Å². The third-order valence-corrected chi connectivity index (χ3v) is 7.44. The summed E-state index contributed by atoms with van der Waals surface area (Å²) in [7, 11) is 0. The van der Waals surface area contributed by atoms with E-state index in [-0.39, 0.29) is 30.9 Å². The zero-order valence-electron chi connectivity index (χ0n) is 22.2. The van der Waals surface area contributed by atoms with Crippen molar-refractivity contribution in [2.24, 2.45) is 5.92 Å². The number of amides is 2. The van der Waals surface area contributed by atoms with E-state index in [1.165, 1.54) is 4.90 Å². The summed E-state index contributed by atoms with van der Waals surface area (Å²) in [4.78, 5) is 48.6. The smallest absolute Gasteiger partial charge is 0.304 e. The first-order valence-corrected chi connectivity index (χ1v) is 13.3. The number of nitrogens with zero attached hydrogens (tertiary/aromatic N) is 4. The van der Waals surface area contributed by atoms with Gasteiger partial charge in [-0.05, 0) is 37.6 Å².